The van der Waals surface area contributed by atoms with Gasteiger partial charge < -0.3 is 15.3 Å². The molecule has 1 saturated heterocycles. The molecule has 0 saturated carbocycles. The number of aromatic carboxylic acids is 1. The third-order valence-electron chi connectivity index (χ3n) is 5.54. The second-order valence-corrected chi connectivity index (χ2v) is 8.82. The number of nitrogens with zero attached hydrogens (tertiary/aromatic N) is 4. The number of halogens is 2. The number of carboxylic acid groups (broad SMARTS) is 1. The van der Waals surface area contributed by atoms with Crippen LogP contribution >= 0.6 is 11.3 Å². The number of carboxylic acids is 1. The number of aryl methyl sites for hydroxylation is 1. The molecule has 0 amide bonds. The molecule has 1 fully saturated rings. The van der Waals surface area contributed by atoms with Crippen LogP contribution in [-0.4, -0.2) is 40.1 Å². The van der Waals surface area contributed by atoms with Crippen LogP contribution in [0.5, 0.6) is 0 Å². The number of benzene rings is 1. The third kappa shape index (κ3) is 4.21. The van der Waals surface area contributed by atoms with Gasteiger partial charge in [-0.15, -0.1) is 11.3 Å². The van der Waals surface area contributed by atoms with E-state index in [4.69, 9.17) is 4.98 Å². The summed E-state index contributed by atoms with van der Waals surface area (Å²) in [5.74, 6) is -3.43. The quantitative estimate of drug-likeness (QED) is 0.557. The van der Waals surface area contributed by atoms with Gasteiger partial charge in [-0.2, -0.15) is 5.26 Å². The van der Waals surface area contributed by atoms with E-state index in [0.29, 0.717) is 21.9 Å². The molecule has 3 heterocycles. The van der Waals surface area contributed by atoms with E-state index < -0.39 is 11.9 Å². The van der Waals surface area contributed by atoms with Crippen molar-refractivity contribution in [3.63, 3.8) is 0 Å². The minimum atomic E-state index is -2.71. The van der Waals surface area contributed by atoms with Gasteiger partial charge in [0, 0.05) is 31.5 Å². The minimum Gasteiger partial charge on any atom is -0.478 e. The van der Waals surface area contributed by atoms with Gasteiger partial charge in [0.2, 0.25) is 0 Å². The lowest BCUT2D eigenvalue weighted by Crippen LogP contribution is -2.40. The second-order valence-electron chi connectivity index (χ2n) is 7.91. The maximum absolute atomic E-state index is 13.6. The van der Waals surface area contributed by atoms with Gasteiger partial charge in [0.1, 0.15) is 11.1 Å². The number of hydrogen-bond acceptors (Lipinski definition) is 7. The number of anilines is 2. The van der Waals surface area contributed by atoms with Gasteiger partial charge in [-0.1, -0.05) is 6.07 Å². The topological polar surface area (TPSA) is 102 Å². The zero-order chi connectivity index (χ0) is 23.0. The molecule has 1 aliphatic rings. The molecule has 1 unspecified atom stereocenters. The molecular formula is C22H21F2N5O2S. The number of hydrogen-bond donors (Lipinski definition) is 2. The van der Waals surface area contributed by atoms with Crippen molar-refractivity contribution in [3.05, 3.63) is 46.0 Å². The molecule has 0 bridgehead atoms. The summed E-state index contributed by atoms with van der Waals surface area (Å²) in [7, 11) is 0. The van der Waals surface area contributed by atoms with Crippen molar-refractivity contribution in [1.82, 2.24) is 9.97 Å². The number of thiophene rings is 1. The van der Waals surface area contributed by atoms with E-state index in [1.807, 2.05) is 32.0 Å². The Kier molecular flexibility index (Phi) is 5.69. The lowest BCUT2D eigenvalue weighted by molar-refractivity contribution is -0.0221. The number of nitrogens with one attached hydrogen (secondary N) is 1. The van der Waals surface area contributed by atoms with Crippen molar-refractivity contribution in [2.75, 3.05) is 23.3 Å². The summed E-state index contributed by atoms with van der Waals surface area (Å²) >= 11 is 1.29. The molecule has 1 atom stereocenters. The summed E-state index contributed by atoms with van der Waals surface area (Å²) < 4.78 is 27.3. The normalized spacial score (nSPS) is 16.5. The van der Waals surface area contributed by atoms with E-state index in [1.165, 1.54) is 11.3 Å². The molecule has 2 N–H and O–H groups in total. The molecule has 1 aliphatic heterocycles. The average molecular weight is 458 g/mol. The molecule has 4 rings (SSSR count). The lowest BCUT2D eigenvalue weighted by Gasteiger charge is -2.33. The Labute approximate surface area is 187 Å². The number of alkyl halides is 2. The smallest absolute Gasteiger partial charge is 0.338 e. The standard InChI is InChI=1S/C22H21F2N5O2S/c1-12-9-15(13(2)26-20-14(21(30)31)3-8-32-20)18-16(10-12)27-17(11-25)19(28-18)29-6-4-22(23,24)5-7-29/h3,8-10,13,26H,4-7H2,1-2H3,(H,30,31). The molecule has 1 aromatic carbocycles. The third-order valence-corrected chi connectivity index (χ3v) is 6.38. The molecule has 10 heteroatoms. The molecule has 2 aromatic heterocycles. The lowest BCUT2D eigenvalue weighted by atomic mass is 10.0. The van der Waals surface area contributed by atoms with E-state index >= 15 is 0 Å². The molecule has 3 aromatic rings. The van der Waals surface area contributed by atoms with Gasteiger partial charge in [-0.25, -0.2) is 23.5 Å². The van der Waals surface area contributed by atoms with Gasteiger partial charge >= 0.3 is 5.97 Å². The minimum absolute atomic E-state index is 0.0913. The van der Waals surface area contributed by atoms with Crippen LogP contribution < -0.4 is 10.2 Å². The van der Waals surface area contributed by atoms with Gasteiger partial charge in [-0.05, 0) is 36.9 Å². The number of rotatable bonds is 5. The van der Waals surface area contributed by atoms with E-state index in [9.17, 15) is 23.9 Å². The number of carbonyl (C=O) groups is 1. The summed E-state index contributed by atoms with van der Waals surface area (Å²) in [4.78, 5) is 22.3. The average Bonchev–Trinajstić information content (AvgIpc) is 3.20. The Morgan fingerprint density at radius 2 is 2.06 bits per heavy atom. The highest BCUT2D eigenvalue weighted by atomic mass is 32.1. The predicted octanol–water partition coefficient (Wildman–Crippen LogP) is 4.98. The van der Waals surface area contributed by atoms with Crippen LogP contribution in [0.15, 0.2) is 23.6 Å². The summed E-state index contributed by atoms with van der Waals surface area (Å²) in [5, 5.41) is 24.5. The van der Waals surface area contributed by atoms with E-state index in [2.05, 4.69) is 10.3 Å². The summed E-state index contributed by atoms with van der Waals surface area (Å²) in [6.45, 7) is 3.97. The predicted molar refractivity (Wildman–Crippen MR) is 119 cm³/mol. The van der Waals surface area contributed by atoms with E-state index in [0.717, 1.165) is 11.1 Å². The Balaban J connectivity index is 1.76. The van der Waals surface area contributed by atoms with Crippen molar-refractivity contribution < 1.29 is 18.7 Å². The van der Waals surface area contributed by atoms with Crippen LogP contribution in [0.4, 0.5) is 19.6 Å². The fourth-order valence-electron chi connectivity index (χ4n) is 3.86. The molecule has 0 aliphatic carbocycles. The molecular weight excluding hydrogens is 436 g/mol. The zero-order valence-corrected chi connectivity index (χ0v) is 18.3. The summed E-state index contributed by atoms with van der Waals surface area (Å²) in [6.07, 6.45) is -0.598. The van der Waals surface area contributed by atoms with Gasteiger partial charge in [-0.3, -0.25) is 0 Å². The molecule has 7 nitrogen and oxygen atoms in total. The van der Waals surface area contributed by atoms with Crippen LogP contribution in [0, 0.1) is 18.3 Å². The highest BCUT2D eigenvalue weighted by Gasteiger charge is 2.35. The van der Waals surface area contributed by atoms with Gasteiger partial charge in [0.25, 0.3) is 5.92 Å². The fraction of sp³-hybridized carbons (Fsp3) is 0.364. The molecule has 0 spiro atoms. The maximum atomic E-state index is 13.6. The van der Waals surface area contributed by atoms with E-state index in [-0.39, 0.29) is 43.2 Å². The SMILES string of the molecule is Cc1cc(C(C)Nc2sccc2C(=O)O)c2nc(N3CCC(F)(F)CC3)c(C#N)nc2c1. The number of fused-ring (bicyclic) bond motifs is 1. The summed E-state index contributed by atoms with van der Waals surface area (Å²) in [6, 6.07) is 7.03. The molecule has 32 heavy (non-hydrogen) atoms. The van der Waals surface area contributed by atoms with Crippen molar-refractivity contribution in [3.8, 4) is 6.07 Å². The number of piperidine rings is 1. The van der Waals surface area contributed by atoms with Crippen molar-refractivity contribution in [2.45, 2.75) is 38.7 Å². The van der Waals surface area contributed by atoms with Crippen LogP contribution in [0.2, 0.25) is 0 Å². The monoisotopic (exact) mass is 457 g/mol. The van der Waals surface area contributed by atoms with Crippen molar-refractivity contribution >= 4 is 39.2 Å². The Morgan fingerprint density at radius 1 is 1.34 bits per heavy atom. The first-order valence-corrected chi connectivity index (χ1v) is 11.0. The molecule has 166 valence electrons. The summed E-state index contributed by atoms with van der Waals surface area (Å²) in [5.41, 5.74) is 3.06. The largest absolute Gasteiger partial charge is 0.478 e. The fourth-order valence-corrected chi connectivity index (χ4v) is 4.73. The molecule has 0 radical (unpaired) electrons. The number of nitriles is 1. The zero-order valence-electron chi connectivity index (χ0n) is 17.5. The van der Waals surface area contributed by atoms with Crippen LogP contribution in [0.1, 0.15) is 53.0 Å². The van der Waals surface area contributed by atoms with Crippen LogP contribution in [0.25, 0.3) is 11.0 Å². The first kappa shape index (κ1) is 21.9. The van der Waals surface area contributed by atoms with E-state index in [1.54, 1.807) is 16.3 Å². The first-order chi connectivity index (χ1) is 15.2. The van der Waals surface area contributed by atoms with Crippen LogP contribution in [0.3, 0.4) is 0 Å². The maximum Gasteiger partial charge on any atom is 0.338 e. The Hall–Kier alpha value is -3.32. The van der Waals surface area contributed by atoms with Gasteiger partial charge in [0.05, 0.1) is 22.6 Å². The Bertz CT molecular complexity index is 1230. The highest BCUT2D eigenvalue weighted by molar-refractivity contribution is 7.14. The van der Waals surface area contributed by atoms with Crippen molar-refractivity contribution in [1.29, 1.82) is 5.26 Å². The van der Waals surface area contributed by atoms with Gasteiger partial charge in [0.15, 0.2) is 11.5 Å². The van der Waals surface area contributed by atoms with Crippen LogP contribution in [-0.2, 0) is 0 Å². The second kappa shape index (κ2) is 8.31. The first-order valence-electron chi connectivity index (χ1n) is 10.1. The van der Waals surface area contributed by atoms with Crippen molar-refractivity contribution in [2.24, 2.45) is 0 Å². The highest BCUT2D eigenvalue weighted by Crippen LogP contribution is 2.34. The Morgan fingerprint density at radius 3 is 2.72 bits per heavy atom. The number of aromatic nitrogens is 2.